The number of aromatic nitrogens is 2. The summed E-state index contributed by atoms with van der Waals surface area (Å²) >= 11 is 0. The molecule has 0 spiro atoms. The maximum absolute atomic E-state index is 12.7. The average Bonchev–Trinajstić information content (AvgIpc) is 2.89. The van der Waals surface area contributed by atoms with Crippen molar-refractivity contribution in [2.24, 2.45) is 0 Å². The van der Waals surface area contributed by atoms with Gasteiger partial charge in [-0.25, -0.2) is 4.68 Å². The molecule has 1 atom stereocenters. The monoisotopic (exact) mass is 284 g/mol. The predicted molar refractivity (Wildman–Crippen MR) is 81.7 cm³/mol. The fraction of sp³-hybridized carbons (Fsp3) is 0.375. The van der Waals surface area contributed by atoms with Gasteiger partial charge < -0.3 is 10.2 Å². The number of para-hydroxylation sites is 1. The third-order valence-electron chi connectivity index (χ3n) is 3.81. The van der Waals surface area contributed by atoms with Gasteiger partial charge in [0.1, 0.15) is 0 Å². The lowest BCUT2D eigenvalue weighted by Gasteiger charge is -2.31. The summed E-state index contributed by atoms with van der Waals surface area (Å²) in [6.45, 7) is 6.32. The first-order valence-electron chi connectivity index (χ1n) is 7.29. The van der Waals surface area contributed by atoms with Gasteiger partial charge in [0.25, 0.3) is 5.91 Å². The standard InChI is InChI=1S/C16H20N4O/c1-12-10-19(9-8-17-12)16(21)15-11-20(18-13(15)2)14-6-4-3-5-7-14/h3-7,11-12,17H,8-10H2,1-2H3. The average molecular weight is 284 g/mol. The van der Waals surface area contributed by atoms with Crippen LogP contribution < -0.4 is 5.32 Å². The first kappa shape index (κ1) is 13.8. The molecule has 1 N–H and O–H groups in total. The van der Waals surface area contributed by atoms with Crippen molar-refractivity contribution in [3.8, 4) is 5.69 Å². The Labute approximate surface area is 124 Å². The summed E-state index contributed by atoms with van der Waals surface area (Å²) in [6.07, 6.45) is 1.83. The molecule has 1 fully saturated rings. The molecule has 1 aromatic heterocycles. The summed E-state index contributed by atoms with van der Waals surface area (Å²) in [5.41, 5.74) is 2.43. The lowest BCUT2D eigenvalue weighted by molar-refractivity contribution is 0.0708. The summed E-state index contributed by atoms with van der Waals surface area (Å²) in [5, 5.41) is 7.82. The molecule has 110 valence electrons. The molecule has 1 unspecified atom stereocenters. The van der Waals surface area contributed by atoms with Crippen LogP contribution in [0.3, 0.4) is 0 Å². The van der Waals surface area contributed by atoms with E-state index in [4.69, 9.17) is 0 Å². The smallest absolute Gasteiger partial charge is 0.257 e. The van der Waals surface area contributed by atoms with Crippen LogP contribution in [-0.2, 0) is 0 Å². The number of rotatable bonds is 2. The summed E-state index contributed by atoms with van der Waals surface area (Å²) < 4.78 is 1.77. The third-order valence-corrected chi connectivity index (χ3v) is 3.81. The Hall–Kier alpha value is -2.14. The van der Waals surface area contributed by atoms with Crippen molar-refractivity contribution in [1.82, 2.24) is 20.0 Å². The van der Waals surface area contributed by atoms with Crippen molar-refractivity contribution in [3.05, 3.63) is 47.8 Å². The van der Waals surface area contributed by atoms with Gasteiger partial charge in [-0.15, -0.1) is 0 Å². The number of aryl methyl sites for hydroxylation is 1. The summed E-state index contributed by atoms with van der Waals surface area (Å²) in [6, 6.07) is 10.2. The van der Waals surface area contributed by atoms with E-state index < -0.39 is 0 Å². The van der Waals surface area contributed by atoms with Gasteiger partial charge in [0.2, 0.25) is 0 Å². The van der Waals surface area contributed by atoms with Gasteiger partial charge in [0.05, 0.1) is 16.9 Å². The molecule has 1 aliphatic heterocycles. The molecule has 1 amide bonds. The van der Waals surface area contributed by atoms with Crippen LogP contribution in [0.5, 0.6) is 0 Å². The quantitative estimate of drug-likeness (QED) is 0.911. The van der Waals surface area contributed by atoms with Crippen LogP contribution >= 0.6 is 0 Å². The van der Waals surface area contributed by atoms with Gasteiger partial charge in [-0.1, -0.05) is 18.2 Å². The fourth-order valence-electron chi connectivity index (χ4n) is 2.67. The third kappa shape index (κ3) is 2.83. The Bertz CT molecular complexity index is 635. The topological polar surface area (TPSA) is 50.2 Å². The predicted octanol–water partition coefficient (Wildman–Crippen LogP) is 1.61. The van der Waals surface area contributed by atoms with Gasteiger partial charge in [0.15, 0.2) is 0 Å². The molecule has 0 radical (unpaired) electrons. The second-order valence-electron chi connectivity index (χ2n) is 5.51. The fourth-order valence-corrected chi connectivity index (χ4v) is 2.67. The van der Waals surface area contributed by atoms with Gasteiger partial charge >= 0.3 is 0 Å². The van der Waals surface area contributed by atoms with Gasteiger partial charge in [-0.3, -0.25) is 4.79 Å². The lowest BCUT2D eigenvalue weighted by atomic mass is 10.2. The molecular weight excluding hydrogens is 264 g/mol. The zero-order valence-electron chi connectivity index (χ0n) is 12.4. The number of carbonyl (C=O) groups is 1. The van der Waals surface area contributed by atoms with Crippen LogP contribution in [0.2, 0.25) is 0 Å². The molecule has 5 heteroatoms. The normalized spacial score (nSPS) is 18.8. The molecule has 2 heterocycles. The molecule has 0 saturated carbocycles. The van der Waals surface area contributed by atoms with E-state index >= 15 is 0 Å². The number of nitrogens with zero attached hydrogens (tertiary/aromatic N) is 3. The molecule has 3 rings (SSSR count). The van der Waals surface area contributed by atoms with E-state index in [0.29, 0.717) is 11.6 Å². The molecule has 0 aliphatic carbocycles. The lowest BCUT2D eigenvalue weighted by Crippen LogP contribution is -2.51. The van der Waals surface area contributed by atoms with E-state index in [2.05, 4.69) is 17.3 Å². The van der Waals surface area contributed by atoms with Gasteiger partial charge in [-0.05, 0) is 26.0 Å². The van der Waals surface area contributed by atoms with Crippen molar-refractivity contribution in [1.29, 1.82) is 0 Å². The SMILES string of the molecule is Cc1nn(-c2ccccc2)cc1C(=O)N1CCNC(C)C1. The Balaban J connectivity index is 1.86. The maximum atomic E-state index is 12.7. The Morgan fingerprint density at radius 2 is 2.10 bits per heavy atom. The highest BCUT2D eigenvalue weighted by molar-refractivity contribution is 5.95. The van der Waals surface area contributed by atoms with Crippen LogP contribution in [0.1, 0.15) is 23.0 Å². The molecule has 1 aromatic carbocycles. The number of benzene rings is 1. The zero-order chi connectivity index (χ0) is 14.8. The van der Waals surface area contributed by atoms with E-state index in [1.807, 2.05) is 48.4 Å². The number of nitrogens with one attached hydrogen (secondary N) is 1. The van der Waals surface area contributed by atoms with Crippen molar-refractivity contribution < 1.29 is 4.79 Å². The Morgan fingerprint density at radius 1 is 1.33 bits per heavy atom. The minimum Gasteiger partial charge on any atom is -0.336 e. The van der Waals surface area contributed by atoms with E-state index in [0.717, 1.165) is 31.0 Å². The number of hydrogen-bond donors (Lipinski definition) is 1. The maximum Gasteiger partial charge on any atom is 0.257 e. The number of amides is 1. The van der Waals surface area contributed by atoms with Crippen molar-refractivity contribution in [2.45, 2.75) is 19.9 Å². The highest BCUT2D eigenvalue weighted by Gasteiger charge is 2.24. The molecule has 1 aliphatic rings. The molecule has 1 saturated heterocycles. The van der Waals surface area contributed by atoms with Crippen molar-refractivity contribution in [2.75, 3.05) is 19.6 Å². The summed E-state index contributed by atoms with van der Waals surface area (Å²) in [4.78, 5) is 14.6. The minimum atomic E-state index is 0.0723. The van der Waals surface area contributed by atoms with Gasteiger partial charge in [-0.2, -0.15) is 5.10 Å². The highest BCUT2D eigenvalue weighted by atomic mass is 16.2. The van der Waals surface area contributed by atoms with Crippen LogP contribution in [0.15, 0.2) is 36.5 Å². The first-order valence-corrected chi connectivity index (χ1v) is 7.29. The number of piperazine rings is 1. The number of hydrogen-bond acceptors (Lipinski definition) is 3. The minimum absolute atomic E-state index is 0.0723. The van der Waals surface area contributed by atoms with Gasteiger partial charge in [0, 0.05) is 31.9 Å². The van der Waals surface area contributed by atoms with Crippen LogP contribution in [-0.4, -0.2) is 46.3 Å². The van der Waals surface area contributed by atoms with Crippen LogP contribution in [0.25, 0.3) is 5.69 Å². The summed E-state index contributed by atoms with van der Waals surface area (Å²) in [7, 11) is 0. The number of carbonyl (C=O) groups excluding carboxylic acids is 1. The summed E-state index contributed by atoms with van der Waals surface area (Å²) in [5.74, 6) is 0.0723. The molecule has 21 heavy (non-hydrogen) atoms. The second-order valence-corrected chi connectivity index (χ2v) is 5.51. The van der Waals surface area contributed by atoms with E-state index in [-0.39, 0.29) is 5.91 Å². The van der Waals surface area contributed by atoms with Crippen LogP contribution in [0, 0.1) is 6.92 Å². The van der Waals surface area contributed by atoms with E-state index in [1.165, 1.54) is 0 Å². The second kappa shape index (κ2) is 5.69. The Morgan fingerprint density at radius 3 is 2.81 bits per heavy atom. The first-order chi connectivity index (χ1) is 10.1. The van der Waals surface area contributed by atoms with Crippen LogP contribution in [0.4, 0.5) is 0 Å². The zero-order valence-corrected chi connectivity index (χ0v) is 12.4. The molecule has 0 bridgehead atoms. The van der Waals surface area contributed by atoms with Crippen molar-refractivity contribution in [3.63, 3.8) is 0 Å². The van der Waals surface area contributed by atoms with E-state index in [1.54, 1.807) is 4.68 Å². The molecule has 5 nitrogen and oxygen atoms in total. The van der Waals surface area contributed by atoms with E-state index in [9.17, 15) is 4.79 Å². The Kier molecular flexibility index (Phi) is 3.75. The largest absolute Gasteiger partial charge is 0.336 e. The highest BCUT2D eigenvalue weighted by Crippen LogP contribution is 2.15. The molecule has 2 aromatic rings. The van der Waals surface area contributed by atoms with Crippen molar-refractivity contribution >= 4 is 5.91 Å². The molecular formula is C16H20N4O.